The van der Waals surface area contributed by atoms with Crippen molar-refractivity contribution in [3.63, 3.8) is 0 Å². The van der Waals surface area contributed by atoms with Gasteiger partial charge in [-0.25, -0.2) is 0 Å². The van der Waals surface area contributed by atoms with Gasteiger partial charge in [0.15, 0.2) is 17.3 Å². The van der Waals surface area contributed by atoms with E-state index in [9.17, 15) is 14.4 Å². The van der Waals surface area contributed by atoms with Crippen LogP contribution in [-0.4, -0.2) is 36.5 Å². The van der Waals surface area contributed by atoms with Crippen molar-refractivity contribution in [3.05, 3.63) is 137 Å². The molecule has 1 aliphatic carbocycles. The lowest BCUT2D eigenvalue weighted by Gasteiger charge is -2.37. The summed E-state index contributed by atoms with van der Waals surface area (Å²) in [7, 11) is 1.59. The number of fused-ring (bicyclic) bond motifs is 5. The Bertz CT molecular complexity index is 1700. The molecule has 4 aromatic rings. The number of Topliss-reactive ketones (excluding diaryl/α,β-unsaturated/α-hetero) is 3. The largest absolute Gasteiger partial charge is 0.497 e. The van der Waals surface area contributed by atoms with Gasteiger partial charge in [-0.3, -0.25) is 14.4 Å². The van der Waals surface area contributed by atoms with Gasteiger partial charge in [-0.2, -0.15) is 0 Å². The van der Waals surface area contributed by atoms with Crippen LogP contribution in [0.1, 0.15) is 53.7 Å². The second kappa shape index (κ2) is 8.88. The normalized spacial score (nSPS) is 21.8. The fourth-order valence-corrected chi connectivity index (χ4v) is 7.05. The van der Waals surface area contributed by atoms with Crippen molar-refractivity contribution in [2.75, 3.05) is 12.0 Å². The molecular formula is C35H27NO4. The van der Waals surface area contributed by atoms with Crippen molar-refractivity contribution in [3.8, 4) is 5.75 Å². The number of hydrogen-bond acceptors (Lipinski definition) is 5. The van der Waals surface area contributed by atoms with E-state index >= 15 is 0 Å². The molecule has 196 valence electrons. The Labute approximate surface area is 232 Å². The molecule has 4 aromatic carbocycles. The molecule has 1 fully saturated rings. The minimum absolute atomic E-state index is 0.130. The molecule has 1 saturated heterocycles. The molecule has 2 heterocycles. The predicted octanol–water partition coefficient (Wildman–Crippen LogP) is 6.32. The van der Waals surface area contributed by atoms with Gasteiger partial charge in [-0.1, -0.05) is 91.0 Å². The Morgan fingerprint density at radius 2 is 1.52 bits per heavy atom. The number of ether oxygens (including phenoxy) is 1. The monoisotopic (exact) mass is 525 g/mol. The van der Waals surface area contributed by atoms with Crippen molar-refractivity contribution >= 4 is 29.1 Å². The van der Waals surface area contributed by atoms with Crippen LogP contribution in [0.4, 0.5) is 5.69 Å². The van der Waals surface area contributed by atoms with E-state index in [0.717, 1.165) is 22.4 Å². The summed E-state index contributed by atoms with van der Waals surface area (Å²) in [6, 6.07) is 28.3. The highest BCUT2D eigenvalue weighted by Crippen LogP contribution is 2.61. The molecular weight excluding hydrogens is 498 g/mol. The maximum atomic E-state index is 14.7. The molecule has 40 heavy (non-hydrogen) atoms. The van der Waals surface area contributed by atoms with Crippen molar-refractivity contribution in [2.24, 2.45) is 5.41 Å². The van der Waals surface area contributed by atoms with E-state index in [1.54, 1.807) is 43.5 Å². The lowest BCUT2D eigenvalue weighted by atomic mass is 9.64. The van der Waals surface area contributed by atoms with Gasteiger partial charge in [0.05, 0.1) is 13.2 Å². The zero-order chi connectivity index (χ0) is 27.6. The maximum Gasteiger partial charge on any atom is 0.185 e. The molecule has 5 nitrogen and oxygen atoms in total. The van der Waals surface area contributed by atoms with E-state index in [2.05, 4.69) is 6.07 Å². The summed E-state index contributed by atoms with van der Waals surface area (Å²) < 4.78 is 5.57. The number of carbonyl (C=O) groups excluding carboxylic acids is 3. The topological polar surface area (TPSA) is 63.7 Å². The van der Waals surface area contributed by atoms with Crippen LogP contribution in [0, 0.1) is 12.3 Å². The van der Waals surface area contributed by atoms with Gasteiger partial charge >= 0.3 is 0 Å². The zero-order valence-electron chi connectivity index (χ0n) is 22.2. The molecule has 1 spiro atoms. The van der Waals surface area contributed by atoms with E-state index in [0.29, 0.717) is 22.4 Å². The molecule has 5 heteroatoms. The second-order valence-electron chi connectivity index (χ2n) is 10.8. The molecule has 1 unspecified atom stereocenters. The first-order valence-electron chi connectivity index (χ1n) is 13.5. The molecule has 0 bridgehead atoms. The zero-order valence-corrected chi connectivity index (χ0v) is 22.2. The van der Waals surface area contributed by atoms with Gasteiger partial charge in [-0.15, -0.1) is 0 Å². The Morgan fingerprint density at radius 1 is 0.825 bits per heavy atom. The molecule has 0 radical (unpaired) electrons. The van der Waals surface area contributed by atoms with Crippen molar-refractivity contribution < 1.29 is 19.1 Å². The van der Waals surface area contributed by atoms with E-state index in [4.69, 9.17) is 4.74 Å². The van der Waals surface area contributed by atoms with Gasteiger partial charge in [0, 0.05) is 28.3 Å². The van der Waals surface area contributed by atoms with Gasteiger partial charge in [0.25, 0.3) is 0 Å². The quantitative estimate of drug-likeness (QED) is 0.231. The summed E-state index contributed by atoms with van der Waals surface area (Å²) >= 11 is 0. The standard InChI is InChI=1S/C35H27NO4/c1-21-15-16-22-17-18-29-35(33(38)26-13-6-7-14-27(26)34(35)39)30(24-11-8-12-25(20-24)40-2)31(36(29)28(22)19-21)32(37)23-9-4-3-5-10-23/h3-20,29-31H,1-2H3/t29?,30-,31+/m0/s1. The summed E-state index contributed by atoms with van der Waals surface area (Å²) in [4.78, 5) is 46.1. The Balaban J connectivity index is 1.57. The average molecular weight is 526 g/mol. The van der Waals surface area contributed by atoms with Crippen molar-refractivity contribution in [1.82, 2.24) is 0 Å². The predicted molar refractivity (Wildman–Crippen MR) is 154 cm³/mol. The Kier molecular flexibility index (Phi) is 5.39. The molecule has 7 rings (SSSR count). The molecule has 0 amide bonds. The molecule has 0 saturated carbocycles. The van der Waals surface area contributed by atoms with E-state index in [1.165, 1.54) is 0 Å². The number of methoxy groups -OCH3 is 1. The molecule has 2 aliphatic heterocycles. The minimum atomic E-state index is -1.52. The Hall–Kier alpha value is -4.77. The van der Waals surface area contributed by atoms with E-state index < -0.39 is 23.4 Å². The minimum Gasteiger partial charge on any atom is -0.497 e. The van der Waals surface area contributed by atoms with Crippen LogP contribution < -0.4 is 9.64 Å². The summed E-state index contributed by atoms with van der Waals surface area (Å²) in [5.74, 6) is -0.760. The first kappa shape index (κ1) is 24.3. The molecule has 0 N–H and O–H groups in total. The van der Waals surface area contributed by atoms with Gasteiger partial charge in [-0.05, 0) is 41.8 Å². The first-order valence-corrected chi connectivity index (χ1v) is 13.5. The van der Waals surface area contributed by atoms with Gasteiger partial charge in [0.2, 0.25) is 0 Å². The highest BCUT2D eigenvalue weighted by Gasteiger charge is 2.71. The number of carbonyl (C=O) groups is 3. The summed E-state index contributed by atoms with van der Waals surface area (Å²) in [5.41, 5.74) is 3.39. The van der Waals surface area contributed by atoms with Crippen LogP contribution in [0.5, 0.6) is 5.75 Å². The Morgan fingerprint density at radius 3 is 2.23 bits per heavy atom. The fraction of sp³-hybridized carbons (Fsp3) is 0.171. The summed E-state index contributed by atoms with van der Waals surface area (Å²) in [6.07, 6.45) is 3.93. The maximum absolute atomic E-state index is 14.7. The highest BCUT2D eigenvalue weighted by atomic mass is 16.5. The number of aryl methyl sites for hydroxylation is 1. The number of nitrogens with zero attached hydrogens (tertiary/aromatic N) is 1. The average Bonchev–Trinajstić information content (AvgIpc) is 3.43. The van der Waals surface area contributed by atoms with Crippen molar-refractivity contribution in [1.29, 1.82) is 0 Å². The second-order valence-corrected chi connectivity index (χ2v) is 10.8. The van der Waals surface area contributed by atoms with Gasteiger partial charge in [0.1, 0.15) is 17.2 Å². The third-order valence-corrected chi connectivity index (χ3v) is 8.74. The van der Waals surface area contributed by atoms with E-state index in [1.807, 2.05) is 78.6 Å². The van der Waals surface area contributed by atoms with Crippen LogP contribution in [0.3, 0.4) is 0 Å². The number of ketones is 3. The lowest BCUT2D eigenvalue weighted by Crippen LogP contribution is -2.48. The third kappa shape index (κ3) is 3.18. The summed E-state index contributed by atoms with van der Waals surface area (Å²) in [6.45, 7) is 2.01. The third-order valence-electron chi connectivity index (χ3n) is 8.74. The van der Waals surface area contributed by atoms with E-state index in [-0.39, 0.29) is 17.3 Å². The first-order chi connectivity index (χ1) is 19.5. The van der Waals surface area contributed by atoms with Gasteiger partial charge < -0.3 is 9.64 Å². The smallest absolute Gasteiger partial charge is 0.185 e. The number of hydrogen-bond donors (Lipinski definition) is 0. The van der Waals surface area contributed by atoms with Crippen LogP contribution in [0.2, 0.25) is 0 Å². The lowest BCUT2D eigenvalue weighted by molar-refractivity contribution is 0.0665. The van der Waals surface area contributed by atoms with Crippen LogP contribution in [0.15, 0.2) is 103 Å². The van der Waals surface area contributed by atoms with Crippen molar-refractivity contribution in [2.45, 2.75) is 24.9 Å². The van der Waals surface area contributed by atoms with Crippen LogP contribution >= 0.6 is 0 Å². The fourth-order valence-electron chi connectivity index (χ4n) is 7.05. The number of benzene rings is 4. The SMILES string of the molecule is COc1cccc([C@H]2[C@H](C(=O)c3ccccc3)N3c4cc(C)ccc4C=CC3C23C(=O)c2ccccc2C3=O)c1. The highest BCUT2D eigenvalue weighted by molar-refractivity contribution is 6.32. The summed E-state index contributed by atoms with van der Waals surface area (Å²) in [5, 5.41) is 0. The molecule has 0 aromatic heterocycles. The number of anilines is 1. The van der Waals surface area contributed by atoms with Crippen LogP contribution in [0.25, 0.3) is 6.08 Å². The molecule has 3 aliphatic rings. The van der Waals surface area contributed by atoms with Crippen LogP contribution in [-0.2, 0) is 0 Å². The molecule has 3 atom stereocenters. The number of rotatable bonds is 4.